The van der Waals surface area contributed by atoms with E-state index in [1.807, 2.05) is 42.5 Å². The van der Waals surface area contributed by atoms with Gasteiger partial charge in [0.05, 0.1) is 6.10 Å². The van der Waals surface area contributed by atoms with Crippen LogP contribution in [0.25, 0.3) is 0 Å². The molecule has 34 heavy (non-hydrogen) atoms. The molecule has 1 unspecified atom stereocenters. The van der Waals surface area contributed by atoms with Gasteiger partial charge in [0, 0.05) is 30.8 Å². The molecule has 5 rings (SSSR count). The van der Waals surface area contributed by atoms with Crippen molar-refractivity contribution in [2.24, 2.45) is 4.99 Å². The number of aliphatic imine (C=N–C) groups is 1. The predicted octanol–water partition coefficient (Wildman–Crippen LogP) is 3.99. The lowest BCUT2D eigenvalue weighted by atomic mass is 10.1. The largest absolute Gasteiger partial charge is 0.491 e. The number of benzene rings is 2. The molecule has 3 aromatic rings. The van der Waals surface area contributed by atoms with E-state index < -0.39 is 11.8 Å². The van der Waals surface area contributed by atoms with Crippen molar-refractivity contribution < 1.29 is 23.6 Å². The Morgan fingerprint density at radius 2 is 2.03 bits per heavy atom. The summed E-state index contributed by atoms with van der Waals surface area (Å²) in [4.78, 5) is 29.5. The molecule has 1 aromatic heterocycles. The Kier molecular flexibility index (Phi) is 6.49. The monoisotopic (exact) mass is 459 g/mol. The SMILES string of the molecule is O=C1Nc2cc(OCC3CCCO3)ccc2CC/C1=N\C(=O)c1cc(Cc2ccccc2)on1. The number of hydrogen-bond donors (Lipinski definition) is 1. The first-order chi connectivity index (χ1) is 16.6. The minimum atomic E-state index is -0.597. The van der Waals surface area contributed by atoms with Crippen molar-refractivity contribution in [3.63, 3.8) is 0 Å². The van der Waals surface area contributed by atoms with Gasteiger partial charge >= 0.3 is 0 Å². The first-order valence-electron chi connectivity index (χ1n) is 11.4. The minimum absolute atomic E-state index is 0.0813. The molecule has 1 fully saturated rings. The average Bonchev–Trinajstić information content (AvgIpc) is 3.51. The van der Waals surface area contributed by atoms with E-state index in [1.165, 1.54) is 0 Å². The van der Waals surface area contributed by atoms with E-state index in [-0.39, 0.29) is 17.5 Å². The number of aryl methyl sites for hydroxylation is 1. The summed E-state index contributed by atoms with van der Waals surface area (Å²) in [6.07, 6.45) is 3.60. The van der Waals surface area contributed by atoms with Gasteiger partial charge in [-0.15, -0.1) is 0 Å². The number of anilines is 1. The van der Waals surface area contributed by atoms with Crippen molar-refractivity contribution in [1.29, 1.82) is 0 Å². The molecule has 3 heterocycles. The summed E-state index contributed by atoms with van der Waals surface area (Å²) in [5.41, 5.74) is 2.92. The standard InChI is InChI=1S/C26H25N3O5/c30-25-22(27-26(31)24-15-21(34-29-24)13-17-5-2-1-3-6-17)11-9-18-8-10-19(14-23(18)28-25)33-16-20-7-4-12-32-20/h1-3,5-6,8,10,14-15,20H,4,7,9,11-13,16H2,(H,28,30)/b27-22+. The Morgan fingerprint density at radius 1 is 1.15 bits per heavy atom. The van der Waals surface area contributed by atoms with Crippen molar-refractivity contribution in [1.82, 2.24) is 5.16 Å². The third kappa shape index (κ3) is 5.23. The van der Waals surface area contributed by atoms with Gasteiger partial charge in [0.1, 0.15) is 23.8 Å². The van der Waals surface area contributed by atoms with Crippen molar-refractivity contribution in [3.05, 3.63) is 77.2 Å². The number of nitrogens with zero attached hydrogens (tertiary/aromatic N) is 2. The van der Waals surface area contributed by atoms with Crippen LogP contribution in [-0.2, 0) is 22.4 Å². The van der Waals surface area contributed by atoms with E-state index in [1.54, 1.807) is 12.1 Å². The Morgan fingerprint density at radius 3 is 2.85 bits per heavy atom. The number of ether oxygens (including phenoxy) is 2. The molecule has 8 nitrogen and oxygen atoms in total. The van der Waals surface area contributed by atoms with Crippen LogP contribution in [0.4, 0.5) is 5.69 Å². The van der Waals surface area contributed by atoms with Gasteiger partial charge in [-0.2, -0.15) is 0 Å². The first kappa shape index (κ1) is 22.0. The molecule has 0 saturated carbocycles. The van der Waals surface area contributed by atoms with Crippen molar-refractivity contribution >= 4 is 23.2 Å². The zero-order chi connectivity index (χ0) is 23.3. The highest BCUT2D eigenvalue weighted by Crippen LogP contribution is 2.27. The first-order valence-corrected chi connectivity index (χ1v) is 11.4. The summed E-state index contributed by atoms with van der Waals surface area (Å²) in [6.45, 7) is 1.26. The Balaban J connectivity index is 1.24. The fourth-order valence-corrected chi connectivity index (χ4v) is 4.09. The van der Waals surface area contributed by atoms with E-state index in [0.717, 1.165) is 30.6 Å². The highest BCUT2D eigenvalue weighted by atomic mass is 16.5. The minimum Gasteiger partial charge on any atom is -0.491 e. The molecule has 174 valence electrons. The third-order valence-corrected chi connectivity index (χ3v) is 5.92. The number of amides is 2. The van der Waals surface area contributed by atoms with E-state index >= 15 is 0 Å². The molecule has 0 spiro atoms. The predicted molar refractivity (Wildman–Crippen MR) is 125 cm³/mol. The smallest absolute Gasteiger partial charge is 0.299 e. The van der Waals surface area contributed by atoms with Crippen LogP contribution in [0, 0.1) is 0 Å². The van der Waals surface area contributed by atoms with Gasteiger partial charge < -0.3 is 19.3 Å². The van der Waals surface area contributed by atoms with Gasteiger partial charge in [-0.1, -0.05) is 41.6 Å². The third-order valence-electron chi connectivity index (χ3n) is 5.92. The van der Waals surface area contributed by atoms with Crippen LogP contribution in [0.2, 0.25) is 0 Å². The molecule has 2 aliphatic rings. The number of fused-ring (bicyclic) bond motifs is 1. The highest BCUT2D eigenvalue weighted by Gasteiger charge is 2.23. The fraction of sp³-hybridized carbons (Fsp3) is 0.308. The molecule has 1 saturated heterocycles. The summed E-state index contributed by atoms with van der Waals surface area (Å²) in [7, 11) is 0. The van der Waals surface area contributed by atoms with Crippen LogP contribution in [0.5, 0.6) is 5.75 Å². The lowest BCUT2D eigenvalue weighted by Crippen LogP contribution is -2.22. The van der Waals surface area contributed by atoms with E-state index in [9.17, 15) is 9.59 Å². The molecule has 2 aromatic carbocycles. The maximum absolute atomic E-state index is 12.8. The number of carbonyl (C=O) groups is 2. The lowest BCUT2D eigenvalue weighted by Gasteiger charge is -2.13. The maximum atomic E-state index is 12.8. The summed E-state index contributed by atoms with van der Waals surface area (Å²) < 4.78 is 16.7. The molecule has 8 heteroatoms. The van der Waals surface area contributed by atoms with E-state index in [2.05, 4.69) is 15.5 Å². The number of aromatic nitrogens is 1. The molecule has 0 bridgehead atoms. The molecule has 2 aliphatic heterocycles. The van der Waals surface area contributed by atoms with Crippen LogP contribution < -0.4 is 10.1 Å². The highest BCUT2D eigenvalue weighted by molar-refractivity contribution is 6.45. The summed E-state index contributed by atoms with van der Waals surface area (Å²) >= 11 is 0. The van der Waals surface area contributed by atoms with Crippen LogP contribution in [0.3, 0.4) is 0 Å². The fourth-order valence-electron chi connectivity index (χ4n) is 4.09. The summed E-state index contributed by atoms with van der Waals surface area (Å²) in [5, 5.41) is 6.70. The lowest BCUT2D eigenvalue weighted by molar-refractivity contribution is -0.110. The topological polar surface area (TPSA) is 103 Å². The quantitative estimate of drug-likeness (QED) is 0.598. The molecule has 1 atom stereocenters. The Labute approximate surface area is 197 Å². The summed E-state index contributed by atoms with van der Waals surface area (Å²) in [6, 6.07) is 16.9. The normalized spacial score (nSPS) is 18.9. The van der Waals surface area contributed by atoms with Gasteiger partial charge in [-0.3, -0.25) is 9.59 Å². The second-order valence-corrected chi connectivity index (χ2v) is 8.42. The van der Waals surface area contributed by atoms with Crippen LogP contribution in [-0.4, -0.2) is 42.0 Å². The average molecular weight is 460 g/mol. The number of nitrogens with one attached hydrogen (secondary N) is 1. The van der Waals surface area contributed by atoms with Crippen molar-refractivity contribution in [3.8, 4) is 5.75 Å². The summed E-state index contributed by atoms with van der Waals surface area (Å²) in [5.74, 6) is 0.221. The van der Waals surface area contributed by atoms with Crippen molar-refractivity contribution in [2.75, 3.05) is 18.5 Å². The molecule has 0 aliphatic carbocycles. The van der Waals surface area contributed by atoms with Crippen LogP contribution in [0.1, 0.15) is 46.6 Å². The number of hydrogen-bond acceptors (Lipinski definition) is 6. The number of rotatable bonds is 6. The van der Waals surface area contributed by atoms with Crippen molar-refractivity contribution in [2.45, 2.75) is 38.2 Å². The molecule has 1 N–H and O–H groups in total. The van der Waals surface area contributed by atoms with Gasteiger partial charge in [0.15, 0.2) is 5.69 Å². The maximum Gasteiger partial charge on any atom is 0.299 e. The van der Waals surface area contributed by atoms with E-state index in [4.69, 9.17) is 14.0 Å². The van der Waals surface area contributed by atoms with Gasteiger partial charge in [-0.25, -0.2) is 4.99 Å². The zero-order valence-corrected chi connectivity index (χ0v) is 18.7. The van der Waals surface area contributed by atoms with Crippen LogP contribution in [0.15, 0.2) is 64.1 Å². The van der Waals surface area contributed by atoms with Gasteiger partial charge in [0.25, 0.3) is 11.8 Å². The Bertz CT molecular complexity index is 1210. The second-order valence-electron chi connectivity index (χ2n) is 8.42. The second kappa shape index (κ2) is 10.0. The van der Waals surface area contributed by atoms with E-state index in [0.29, 0.717) is 43.1 Å². The molecular weight excluding hydrogens is 434 g/mol. The Hall–Kier alpha value is -3.78. The number of carbonyl (C=O) groups excluding carboxylic acids is 2. The van der Waals surface area contributed by atoms with Crippen LogP contribution >= 0.6 is 0 Å². The van der Waals surface area contributed by atoms with Gasteiger partial charge in [-0.05, 0) is 42.9 Å². The molecular formula is C26H25N3O5. The molecule has 2 amide bonds. The molecule has 0 radical (unpaired) electrons. The van der Waals surface area contributed by atoms with Gasteiger partial charge in [0.2, 0.25) is 0 Å². The zero-order valence-electron chi connectivity index (χ0n) is 18.7.